The lowest BCUT2D eigenvalue weighted by Gasteiger charge is -2.09. The van der Waals surface area contributed by atoms with E-state index in [0.29, 0.717) is 22.2 Å². The van der Waals surface area contributed by atoms with Gasteiger partial charge in [0.25, 0.3) is 5.56 Å². The fourth-order valence-corrected chi connectivity index (χ4v) is 5.12. The molecule has 0 unspecified atom stereocenters. The van der Waals surface area contributed by atoms with Crippen LogP contribution < -0.4 is 10.9 Å². The first-order valence-corrected chi connectivity index (χ1v) is 11.8. The van der Waals surface area contributed by atoms with E-state index in [2.05, 4.69) is 15.5 Å². The molecule has 1 amide bonds. The smallest absolute Gasteiger partial charge is 0.273 e. The van der Waals surface area contributed by atoms with Crippen LogP contribution in [0.15, 0.2) is 76.0 Å². The molecule has 5 aromatic rings. The Bertz CT molecular complexity index is 1490. The molecule has 3 aromatic heterocycles. The molecule has 0 radical (unpaired) electrons. The zero-order chi connectivity index (χ0) is 22.1. The Labute approximate surface area is 191 Å². The Kier molecular flexibility index (Phi) is 5.50. The van der Waals surface area contributed by atoms with Crippen LogP contribution >= 0.6 is 23.1 Å². The summed E-state index contributed by atoms with van der Waals surface area (Å²) in [6.07, 6.45) is 0. The van der Waals surface area contributed by atoms with E-state index in [1.807, 2.05) is 77.4 Å². The van der Waals surface area contributed by atoms with E-state index < -0.39 is 0 Å². The van der Waals surface area contributed by atoms with E-state index in [9.17, 15) is 9.59 Å². The molecule has 2 aromatic carbocycles. The molecule has 0 atom stereocenters. The fraction of sp³-hybridized carbons (Fsp3) is 0.130. The molecule has 3 heterocycles. The van der Waals surface area contributed by atoms with Crippen molar-refractivity contribution >= 4 is 50.7 Å². The van der Waals surface area contributed by atoms with Gasteiger partial charge >= 0.3 is 0 Å². The van der Waals surface area contributed by atoms with Gasteiger partial charge in [-0.15, -0.1) is 21.5 Å². The maximum absolute atomic E-state index is 13.1. The number of rotatable bonds is 6. The van der Waals surface area contributed by atoms with Crippen LogP contribution in [0.2, 0.25) is 0 Å². The molecular weight excluding hydrogens is 442 g/mol. The number of hydrogen-bond acceptors (Lipinski definition) is 6. The number of nitrogens with one attached hydrogen (secondary N) is 1. The van der Waals surface area contributed by atoms with Crippen molar-refractivity contribution in [3.63, 3.8) is 0 Å². The van der Waals surface area contributed by atoms with Gasteiger partial charge in [0, 0.05) is 5.69 Å². The van der Waals surface area contributed by atoms with Crippen molar-refractivity contribution in [2.75, 3.05) is 11.1 Å². The Balaban J connectivity index is 1.47. The molecule has 1 N–H and O–H groups in total. The van der Waals surface area contributed by atoms with Crippen molar-refractivity contribution in [1.82, 2.24) is 19.2 Å². The minimum Gasteiger partial charge on any atom is -0.325 e. The lowest BCUT2D eigenvalue weighted by Crippen LogP contribution is -2.23. The van der Waals surface area contributed by atoms with Gasteiger partial charge in [-0.05, 0) is 41.6 Å². The molecule has 0 aliphatic heterocycles. The SMILES string of the molecule is Cc1cccc(NC(=O)CSc2nnc3n(Cc4ccccc4)c(=O)c4sccc4n23)c1. The molecule has 7 nitrogen and oxygen atoms in total. The van der Waals surface area contributed by atoms with Gasteiger partial charge in [0.15, 0.2) is 5.16 Å². The fourth-order valence-electron chi connectivity index (χ4n) is 3.55. The van der Waals surface area contributed by atoms with Crippen LogP contribution in [0.5, 0.6) is 0 Å². The summed E-state index contributed by atoms with van der Waals surface area (Å²) in [6.45, 7) is 2.38. The number of carbonyl (C=O) groups excluding carboxylic acids is 1. The summed E-state index contributed by atoms with van der Waals surface area (Å²) in [5.41, 5.74) is 3.51. The van der Waals surface area contributed by atoms with Gasteiger partial charge in [0.2, 0.25) is 11.7 Å². The van der Waals surface area contributed by atoms with Crippen LogP contribution in [0, 0.1) is 6.92 Å². The largest absolute Gasteiger partial charge is 0.325 e. The van der Waals surface area contributed by atoms with Crippen LogP contribution in [0.3, 0.4) is 0 Å². The molecule has 0 aliphatic rings. The summed E-state index contributed by atoms with van der Waals surface area (Å²) in [6, 6.07) is 19.3. The molecule has 0 saturated heterocycles. The number of hydrogen-bond donors (Lipinski definition) is 1. The van der Waals surface area contributed by atoms with Gasteiger partial charge in [-0.1, -0.05) is 54.2 Å². The predicted molar refractivity (Wildman–Crippen MR) is 129 cm³/mol. The second kappa shape index (κ2) is 8.60. The third kappa shape index (κ3) is 3.92. The number of thiophene rings is 1. The first-order chi connectivity index (χ1) is 15.6. The van der Waals surface area contributed by atoms with Gasteiger partial charge in [0.1, 0.15) is 4.70 Å². The van der Waals surface area contributed by atoms with Crippen molar-refractivity contribution in [3.05, 3.63) is 87.5 Å². The summed E-state index contributed by atoms with van der Waals surface area (Å²) in [4.78, 5) is 25.6. The molecule has 5 rings (SSSR count). The number of aryl methyl sites for hydroxylation is 1. The Morgan fingerprint density at radius 3 is 2.75 bits per heavy atom. The number of amides is 1. The molecule has 0 spiro atoms. The Morgan fingerprint density at radius 2 is 1.94 bits per heavy atom. The third-order valence-electron chi connectivity index (χ3n) is 5.00. The summed E-state index contributed by atoms with van der Waals surface area (Å²) >= 11 is 2.69. The highest BCUT2D eigenvalue weighted by Crippen LogP contribution is 2.25. The molecule has 32 heavy (non-hydrogen) atoms. The quantitative estimate of drug-likeness (QED) is 0.384. The van der Waals surface area contributed by atoms with E-state index >= 15 is 0 Å². The van der Waals surface area contributed by atoms with Gasteiger partial charge in [-0.3, -0.25) is 18.6 Å². The summed E-state index contributed by atoms with van der Waals surface area (Å²) < 4.78 is 4.14. The van der Waals surface area contributed by atoms with E-state index in [1.165, 1.54) is 23.1 Å². The number of aromatic nitrogens is 4. The first-order valence-electron chi connectivity index (χ1n) is 9.98. The Hall–Kier alpha value is -3.43. The zero-order valence-corrected chi connectivity index (χ0v) is 18.8. The highest BCUT2D eigenvalue weighted by molar-refractivity contribution is 7.99. The standard InChI is InChI=1S/C23H19N5O2S2/c1-15-6-5-9-17(12-15)24-19(29)14-32-23-26-25-22-27(13-16-7-3-2-4-8-16)21(30)20-18(28(22)23)10-11-31-20/h2-12H,13-14H2,1H3,(H,24,29). The highest BCUT2D eigenvalue weighted by atomic mass is 32.2. The minimum atomic E-state index is -0.128. The van der Waals surface area contributed by atoms with Crippen LogP contribution in [0.4, 0.5) is 5.69 Å². The summed E-state index contributed by atoms with van der Waals surface area (Å²) in [5.74, 6) is 0.515. The molecule has 0 saturated carbocycles. The third-order valence-corrected chi connectivity index (χ3v) is 6.82. The minimum absolute atomic E-state index is 0.0903. The van der Waals surface area contributed by atoms with E-state index in [0.717, 1.165) is 22.3 Å². The lowest BCUT2D eigenvalue weighted by atomic mass is 10.2. The molecule has 160 valence electrons. The van der Waals surface area contributed by atoms with Crippen molar-refractivity contribution in [2.24, 2.45) is 0 Å². The number of thioether (sulfide) groups is 1. The van der Waals surface area contributed by atoms with Crippen LogP contribution in [-0.2, 0) is 11.3 Å². The number of benzene rings is 2. The van der Waals surface area contributed by atoms with E-state index in [4.69, 9.17) is 0 Å². The topological polar surface area (TPSA) is 81.3 Å². The van der Waals surface area contributed by atoms with Crippen LogP contribution in [0.25, 0.3) is 16.0 Å². The van der Waals surface area contributed by atoms with Crippen molar-refractivity contribution in [3.8, 4) is 0 Å². The normalized spacial score (nSPS) is 11.3. The molecule has 0 bridgehead atoms. The maximum atomic E-state index is 13.1. The molecule has 9 heteroatoms. The van der Waals surface area contributed by atoms with Crippen LogP contribution in [0.1, 0.15) is 11.1 Å². The number of fused-ring (bicyclic) bond motifs is 3. The monoisotopic (exact) mass is 461 g/mol. The van der Waals surface area contributed by atoms with Gasteiger partial charge in [0.05, 0.1) is 17.8 Å². The molecule has 0 fully saturated rings. The number of nitrogens with zero attached hydrogens (tertiary/aromatic N) is 4. The molecular formula is C23H19N5O2S2. The molecule has 0 aliphatic carbocycles. The predicted octanol–water partition coefficient (Wildman–Crippen LogP) is 4.19. The highest BCUT2D eigenvalue weighted by Gasteiger charge is 2.18. The lowest BCUT2D eigenvalue weighted by molar-refractivity contribution is -0.113. The summed E-state index contributed by atoms with van der Waals surface area (Å²) in [5, 5.41) is 14.0. The number of anilines is 1. The van der Waals surface area contributed by atoms with Crippen LogP contribution in [-0.4, -0.2) is 30.8 Å². The maximum Gasteiger partial charge on any atom is 0.273 e. The van der Waals surface area contributed by atoms with Gasteiger partial charge in [-0.25, -0.2) is 0 Å². The average molecular weight is 462 g/mol. The Morgan fingerprint density at radius 1 is 1.09 bits per heavy atom. The second-order valence-corrected chi connectivity index (χ2v) is 9.19. The van der Waals surface area contributed by atoms with E-state index in [-0.39, 0.29) is 17.2 Å². The van der Waals surface area contributed by atoms with Crippen molar-refractivity contribution in [1.29, 1.82) is 0 Å². The number of carbonyl (C=O) groups is 1. The second-order valence-electron chi connectivity index (χ2n) is 7.34. The first kappa shape index (κ1) is 20.5. The van der Waals surface area contributed by atoms with Gasteiger partial charge in [-0.2, -0.15) is 0 Å². The van der Waals surface area contributed by atoms with Gasteiger partial charge < -0.3 is 5.32 Å². The van der Waals surface area contributed by atoms with E-state index in [1.54, 1.807) is 4.57 Å². The zero-order valence-electron chi connectivity index (χ0n) is 17.2. The summed E-state index contributed by atoms with van der Waals surface area (Å²) in [7, 11) is 0. The van der Waals surface area contributed by atoms with Crippen molar-refractivity contribution in [2.45, 2.75) is 18.6 Å². The van der Waals surface area contributed by atoms with Crippen molar-refractivity contribution < 1.29 is 4.79 Å². The average Bonchev–Trinajstić information content (AvgIpc) is 3.43.